The predicted octanol–water partition coefficient (Wildman–Crippen LogP) is 0.812. The lowest BCUT2D eigenvalue weighted by molar-refractivity contribution is -0.944. The Kier molecular flexibility index (Phi) is 6.94. The van der Waals surface area contributed by atoms with E-state index in [2.05, 4.69) is 24.3 Å². The van der Waals surface area contributed by atoms with E-state index in [0.29, 0.717) is 29.5 Å². The van der Waals surface area contributed by atoms with Crippen molar-refractivity contribution in [3.05, 3.63) is 35.9 Å². The van der Waals surface area contributed by atoms with Gasteiger partial charge in [-0.25, -0.2) is 4.79 Å². The topological polar surface area (TPSA) is 134 Å². The van der Waals surface area contributed by atoms with Crippen LogP contribution in [0.5, 0.6) is 11.5 Å². The Hall–Kier alpha value is -3.44. The van der Waals surface area contributed by atoms with Crippen LogP contribution in [-0.4, -0.2) is 102 Å². The van der Waals surface area contributed by atoms with Gasteiger partial charge in [0.25, 0.3) is 0 Å². The molecule has 3 N–H and O–H groups in total. The summed E-state index contributed by atoms with van der Waals surface area (Å²) in [6, 6.07) is 2.82. The second kappa shape index (κ2) is 9.88. The van der Waals surface area contributed by atoms with Gasteiger partial charge < -0.3 is 34.6 Å². The van der Waals surface area contributed by atoms with Gasteiger partial charge in [0.05, 0.1) is 25.6 Å². The van der Waals surface area contributed by atoms with E-state index >= 15 is 0 Å². The molecule has 40 heavy (non-hydrogen) atoms. The number of carbonyl (C=O) groups is 4. The van der Waals surface area contributed by atoms with Gasteiger partial charge in [-0.15, -0.1) is 0 Å². The summed E-state index contributed by atoms with van der Waals surface area (Å²) in [7, 11) is 3.70. The van der Waals surface area contributed by atoms with Crippen molar-refractivity contribution < 1.29 is 38.2 Å². The summed E-state index contributed by atoms with van der Waals surface area (Å²) in [5.41, 5.74) is -0.190. The van der Waals surface area contributed by atoms with Crippen LogP contribution in [0.1, 0.15) is 44.2 Å². The zero-order valence-corrected chi connectivity index (χ0v) is 23.6. The number of likely N-dealkylation sites (tertiary alicyclic amines) is 1. The number of amides is 3. The molecule has 3 amide bonds. The van der Waals surface area contributed by atoms with Crippen LogP contribution >= 0.6 is 0 Å². The molecule has 2 fully saturated rings. The Morgan fingerprint density at radius 2 is 2.10 bits per heavy atom. The van der Waals surface area contributed by atoms with Crippen LogP contribution in [0.3, 0.4) is 0 Å². The Morgan fingerprint density at radius 1 is 1.35 bits per heavy atom. The first-order chi connectivity index (χ1) is 18.9. The molecule has 11 heteroatoms. The van der Waals surface area contributed by atoms with E-state index in [1.54, 1.807) is 20.0 Å². The number of piperidine rings is 1. The van der Waals surface area contributed by atoms with Crippen LogP contribution in [0, 0.1) is 0 Å². The predicted molar refractivity (Wildman–Crippen MR) is 145 cm³/mol. The second-order valence-electron chi connectivity index (χ2n) is 11.9. The molecule has 216 valence electrons. The minimum atomic E-state index is -1.13. The highest BCUT2D eigenvalue weighted by molar-refractivity contribution is 5.90. The third-order valence-electron chi connectivity index (χ3n) is 9.50. The van der Waals surface area contributed by atoms with Gasteiger partial charge in [0, 0.05) is 51.9 Å². The first kappa shape index (κ1) is 28.1. The van der Waals surface area contributed by atoms with Crippen LogP contribution in [0.4, 0.5) is 4.79 Å². The van der Waals surface area contributed by atoms with Crippen molar-refractivity contribution in [3.63, 3.8) is 0 Å². The quantitative estimate of drug-likeness (QED) is 0.319. The summed E-state index contributed by atoms with van der Waals surface area (Å²) >= 11 is 0. The molecule has 1 aromatic rings. The molecule has 2 aliphatic heterocycles. The monoisotopic (exact) mass is 555 g/mol. The Balaban J connectivity index is 1.37. The molecule has 1 saturated heterocycles. The van der Waals surface area contributed by atoms with Gasteiger partial charge in [0.2, 0.25) is 11.8 Å². The SMILES string of the molecule is C=CC[N+]1(C)CC[C@]23c4c5ccc(OC(=O)N(C)CCNC(=O)[C@H](C)NC(C)=O)c4O[C@H]2C(=O)CC[C@@]3(O)[C@H]1C5. The van der Waals surface area contributed by atoms with Gasteiger partial charge in [-0.3, -0.25) is 14.4 Å². The van der Waals surface area contributed by atoms with E-state index in [1.165, 1.54) is 11.8 Å². The van der Waals surface area contributed by atoms with E-state index in [-0.39, 0.29) is 48.9 Å². The minimum absolute atomic E-state index is 0.0362. The van der Waals surface area contributed by atoms with Crippen LogP contribution in [0.2, 0.25) is 0 Å². The van der Waals surface area contributed by atoms with Crippen LogP contribution in [0.15, 0.2) is 24.8 Å². The van der Waals surface area contributed by atoms with Gasteiger partial charge in [0.15, 0.2) is 23.4 Å². The van der Waals surface area contributed by atoms with Gasteiger partial charge in [0.1, 0.15) is 17.7 Å². The van der Waals surface area contributed by atoms with Crippen molar-refractivity contribution >= 4 is 23.7 Å². The molecule has 2 aliphatic carbocycles. The molecule has 0 radical (unpaired) electrons. The number of benzene rings is 1. The Morgan fingerprint density at radius 3 is 2.80 bits per heavy atom. The van der Waals surface area contributed by atoms with E-state index in [9.17, 15) is 24.3 Å². The molecule has 0 aromatic heterocycles. The standard InChI is InChI=1S/C29H38N4O7/c1-6-14-33(5)15-11-28-23-19-7-8-21(24(23)40-25(28)20(35)9-10-29(28,38)22(33)16-19)39-27(37)32(4)13-12-30-26(36)17(2)31-18(3)34/h6-8,17,22,25,38H,1,9-16H2,2-5H3,(H-,30,31,34,36)/p+1/t17-,22+,25-,28-,29+,33?/m0/s1. The summed E-state index contributed by atoms with van der Waals surface area (Å²) in [6.07, 6.45) is 2.24. The molecule has 4 aliphatic rings. The van der Waals surface area contributed by atoms with E-state index in [4.69, 9.17) is 9.47 Å². The van der Waals surface area contributed by atoms with Crippen LogP contribution < -0.4 is 20.1 Å². The Bertz CT molecular complexity index is 1280. The summed E-state index contributed by atoms with van der Waals surface area (Å²) in [4.78, 5) is 50.8. The molecule has 6 atom stereocenters. The van der Waals surface area contributed by atoms with Gasteiger partial charge in [-0.05, 0) is 31.1 Å². The number of aliphatic hydroxyl groups is 1. The summed E-state index contributed by atoms with van der Waals surface area (Å²) in [5.74, 6) is -0.123. The lowest BCUT2D eigenvalue weighted by atomic mass is 9.48. The first-order valence-corrected chi connectivity index (χ1v) is 13.9. The molecule has 5 rings (SSSR count). The number of Topliss-reactive ketones (excluding diaryl/α,β-unsaturated/α-hetero) is 1. The molecule has 1 saturated carbocycles. The average molecular weight is 556 g/mol. The van der Waals surface area contributed by atoms with Crippen molar-refractivity contribution in [2.75, 3.05) is 40.3 Å². The molecule has 1 spiro atoms. The number of nitrogens with one attached hydrogen (secondary N) is 2. The number of hydrogen-bond acceptors (Lipinski definition) is 7. The second-order valence-corrected chi connectivity index (χ2v) is 11.9. The van der Waals surface area contributed by atoms with Crippen molar-refractivity contribution in [2.24, 2.45) is 0 Å². The fraction of sp³-hybridized carbons (Fsp3) is 0.586. The fourth-order valence-corrected chi connectivity index (χ4v) is 7.55. The maximum absolute atomic E-state index is 13.2. The molecule has 1 unspecified atom stereocenters. The Labute approximate surface area is 234 Å². The largest absolute Gasteiger partial charge is 0.477 e. The highest BCUT2D eigenvalue weighted by Crippen LogP contribution is 2.65. The third kappa shape index (κ3) is 4.09. The summed E-state index contributed by atoms with van der Waals surface area (Å²) in [5, 5.41) is 17.6. The van der Waals surface area contributed by atoms with Gasteiger partial charge in [-0.1, -0.05) is 12.6 Å². The maximum atomic E-state index is 13.2. The zero-order chi connectivity index (χ0) is 29.0. The zero-order valence-electron chi connectivity index (χ0n) is 23.6. The molecule has 11 nitrogen and oxygen atoms in total. The van der Waals surface area contributed by atoms with Crippen LogP contribution in [0.25, 0.3) is 0 Å². The van der Waals surface area contributed by atoms with Gasteiger partial charge >= 0.3 is 6.09 Å². The molecule has 2 heterocycles. The summed E-state index contributed by atoms with van der Waals surface area (Å²) in [6.45, 7) is 8.68. The van der Waals surface area contributed by atoms with E-state index in [0.717, 1.165) is 24.2 Å². The van der Waals surface area contributed by atoms with Crippen LogP contribution in [-0.2, 0) is 26.2 Å². The van der Waals surface area contributed by atoms with E-state index in [1.807, 2.05) is 12.1 Å². The molecule has 1 aromatic carbocycles. The number of nitrogens with zero attached hydrogens (tertiary/aromatic N) is 2. The maximum Gasteiger partial charge on any atom is 0.415 e. The van der Waals surface area contributed by atoms with Gasteiger partial charge in [-0.2, -0.15) is 0 Å². The number of carbonyl (C=O) groups excluding carboxylic acids is 4. The first-order valence-electron chi connectivity index (χ1n) is 13.9. The van der Waals surface area contributed by atoms with Crippen molar-refractivity contribution in [1.29, 1.82) is 0 Å². The third-order valence-corrected chi connectivity index (χ3v) is 9.50. The smallest absolute Gasteiger partial charge is 0.415 e. The number of likely N-dealkylation sites (N-methyl/N-ethyl adjacent to an activating group) is 2. The van der Waals surface area contributed by atoms with Crippen molar-refractivity contribution in [2.45, 2.75) is 68.7 Å². The summed E-state index contributed by atoms with van der Waals surface area (Å²) < 4.78 is 12.8. The number of rotatable bonds is 8. The molecule has 2 bridgehead atoms. The number of hydrogen-bond donors (Lipinski definition) is 3. The minimum Gasteiger partial charge on any atom is -0.477 e. The van der Waals surface area contributed by atoms with Crippen molar-refractivity contribution in [3.8, 4) is 11.5 Å². The normalized spacial score (nSPS) is 31.8. The molecular formula is C29H39N4O7+. The molecular weight excluding hydrogens is 516 g/mol. The number of quaternary nitrogens is 1. The average Bonchev–Trinajstić information content (AvgIpc) is 3.26. The highest BCUT2D eigenvalue weighted by Gasteiger charge is 2.76. The lowest BCUT2D eigenvalue weighted by Gasteiger charge is -2.64. The number of ketones is 1. The van der Waals surface area contributed by atoms with Crippen molar-refractivity contribution in [1.82, 2.24) is 15.5 Å². The fourth-order valence-electron chi connectivity index (χ4n) is 7.55. The highest BCUT2D eigenvalue weighted by atomic mass is 16.6. The van der Waals surface area contributed by atoms with E-state index < -0.39 is 29.3 Å². The lowest BCUT2D eigenvalue weighted by Crippen LogP contribution is -2.80. The number of ether oxygens (including phenoxy) is 2.